The Hall–Kier alpha value is -1.14. The van der Waals surface area contributed by atoms with E-state index in [0.717, 1.165) is 10.4 Å². The lowest BCUT2D eigenvalue weighted by molar-refractivity contribution is -0.113. The molecule has 1 aliphatic heterocycles. The van der Waals surface area contributed by atoms with Crippen LogP contribution in [0.25, 0.3) is 6.08 Å². The predicted octanol–water partition coefficient (Wildman–Crippen LogP) is 5.12. The molecular weight excluding hydrogens is 342 g/mol. The fraction of sp³-hybridized carbons (Fsp3) is 0.0667. The third-order valence-corrected chi connectivity index (χ3v) is 5.55. The average Bonchev–Trinajstić information content (AvgIpc) is 3.03. The van der Waals surface area contributed by atoms with Gasteiger partial charge in [-0.3, -0.25) is 9.69 Å². The second-order valence-electron chi connectivity index (χ2n) is 4.47. The Bertz CT molecular complexity index is 752. The number of thiocarbonyl (C=S) groups is 1. The minimum Gasteiger partial charge on any atom is -0.268 e. The maximum absolute atomic E-state index is 12.5. The van der Waals surface area contributed by atoms with E-state index in [-0.39, 0.29) is 5.91 Å². The lowest BCUT2D eigenvalue weighted by Gasteiger charge is -2.15. The van der Waals surface area contributed by atoms with Gasteiger partial charge in [-0.05, 0) is 42.1 Å². The number of carbonyl (C=O) groups excluding carboxylic acids is 1. The minimum absolute atomic E-state index is 0.0988. The third kappa shape index (κ3) is 2.92. The number of halogens is 1. The molecule has 0 radical (unpaired) electrons. The standard InChI is InChI=1S/C15H10ClNOS3/c1-9-4-5-10(7-12(9)16)17-14(18)13(21-15(17)19)8-11-3-2-6-20-11/h2-8H,1H3/b13-8-. The molecule has 2 aromatic rings. The van der Waals surface area contributed by atoms with Crippen molar-refractivity contribution in [3.63, 3.8) is 0 Å². The maximum Gasteiger partial charge on any atom is 0.270 e. The number of thiophene rings is 1. The summed E-state index contributed by atoms with van der Waals surface area (Å²) in [5.74, 6) is -0.0988. The van der Waals surface area contributed by atoms with E-state index < -0.39 is 0 Å². The zero-order valence-corrected chi connectivity index (χ0v) is 14.2. The van der Waals surface area contributed by atoms with E-state index in [1.165, 1.54) is 16.7 Å². The monoisotopic (exact) mass is 351 g/mol. The topological polar surface area (TPSA) is 20.3 Å². The van der Waals surface area contributed by atoms with Crippen LogP contribution in [0.15, 0.2) is 40.6 Å². The molecule has 1 aromatic carbocycles. The zero-order chi connectivity index (χ0) is 15.0. The van der Waals surface area contributed by atoms with Gasteiger partial charge >= 0.3 is 0 Å². The second kappa shape index (κ2) is 5.93. The number of thioether (sulfide) groups is 1. The van der Waals surface area contributed by atoms with Crippen LogP contribution in [-0.2, 0) is 4.79 Å². The van der Waals surface area contributed by atoms with Gasteiger partial charge in [-0.1, -0.05) is 47.7 Å². The number of amides is 1. The SMILES string of the molecule is Cc1ccc(N2C(=O)/C(=C/c3cccs3)SC2=S)cc1Cl. The number of benzene rings is 1. The largest absolute Gasteiger partial charge is 0.270 e. The first-order chi connectivity index (χ1) is 10.1. The van der Waals surface area contributed by atoms with E-state index >= 15 is 0 Å². The summed E-state index contributed by atoms with van der Waals surface area (Å²) in [5, 5.41) is 2.61. The summed E-state index contributed by atoms with van der Waals surface area (Å²) in [6.07, 6.45) is 1.87. The number of hydrogen-bond donors (Lipinski definition) is 0. The number of aryl methyl sites for hydroxylation is 1. The Morgan fingerprint density at radius 3 is 2.81 bits per heavy atom. The summed E-state index contributed by atoms with van der Waals surface area (Å²) in [5.41, 5.74) is 1.68. The third-order valence-electron chi connectivity index (χ3n) is 3.02. The molecule has 0 bridgehead atoms. The van der Waals surface area contributed by atoms with Gasteiger partial charge in [0.15, 0.2) is 4.32 Å². The Morgan fingerprint density at radius 2 is 2.14 bits per heavy atom. The molecule has 2 nitrogen and oxygen atoms in total. The van der Waals surface area contributed by atoms with Gasteiger partial charge in [-0.15, -0.1) is 11.3 Å². The van der Waals surface area contributed by atoms with Crippen molar-refractivity contribution in [2.75, 3.05) is 4.90 Å². The Morgan fingerprint density at radius 1 is 1.33 bits per heavy atom. The molecule has 21 heavy (non-hydrogen) atoms. The molecule has 0 atom stereocenters. The van der Waals surface area contributed by atoms with E-state index in [1.807, 2.05) is 42.6 Å². The van der Waals surface area contributed by atoms with Crippen LogP contribution in [0.4, 0.5) is 5.69 Å². The Balaban J connectivity index is 1.95. The molecule has 0 saturated carbocycles. The van der Waals surface area contributed by atoms with Crippen LogP contribution >= 0.6 is 46.9 Å². The van der Waals surface area contributed by atoms with E-state index in [0.29, 0.717) is 19.9 Å². The van der Waals surface area contributed by atoms with Crippen molar-refractivity contribution in [1.29, 1.82) is 0 Å². The highest BCUT2D eigenvalue weighted by Gasteiger charge is 2.33. The molecule has 1 aliphatic rings. The van der Waals surface area contributed by atoms with Gasteiger partial charge < -0.3 is 0 Å². The van der Waals surface area contributed by atoms with Gasteiger partial charge in [-0.2, -0.15) is 0 Å². The number of rotatable bonds is 2. The van der Waals surface area contributed by atoms with Crippen LogP contribution in [0.3, 0.4) is 0 Å². The van der Waals surface area contributed by atoms with Gasteiger partial charge in [0.05, 0.1) is 10.6 Å². The van der Waals surface area contributed by atoms with Gasteiger partial charge in [-0.25, -0.2) is 0 Å². The number of hydrogen-bond acceptors (Lipinski definition) is 4. The van der Waals surface area contributed by atoms with Gasteiger partial charge in [0.1, 0.15) is 0 Å². The first-order valence-corrected chi connectivity index (χ1v) is 8.62. The van der Waals surface area contributed by atoms with Crippen LogP contribution in [-0.4, -0.2) is 10.2 Å². The first-order valence-electron chi connectivity index (χ1n) is 6.14. The van der Waals surface area contributed by atoms with Crippen LogP contribution in [0.2, 0.25) is 5.02 Å². The number of carbonyl (C=O) groups is 1. The molecule has 1 saturated heterocycles. The summed E-state index contributed by atoms with van der Waals surface area (Å²) < 4.78 is 0.530. The van der Waals surface area contributed by atoms with E-state index in [4.69, 9.17) is 23.8 Å². The predicted molar refractivity (Wildman–Crippen MR) is 96.2 cm³/mol. The molecule has 1 amide bonds. The van der Waals surface area contributed by atoms with Crippen molar-refractivity contribution in [3.05, 3.63) is 56.1 Å². The highest BCUT2D eigenvalue weighted by molar-refractivity contribution is 8.27. The van der Waals surface area contributed by atoms with E-state index in [1.54, 1.807) is 17.4 Å². The van der Waals surface area contributed by atoms with Crippen LogP contribution in [0.5, 0.6) is 0 Å². The maximum atomic E-state index is 12.5. The van der Waals surface area contributed by atoms with Crippen molar-refractivity contribution in [2.24, 2.45) is 0 Å². The van der Waals surface area contributed by atoms with E-state index in [9.17, 15) is 4.79 Å². The van der Waals surface area contributed by atoms with Gasteiger partial charge in [0, 0.05) is 9.90 Å². The van der Waals surface area contributed by atoms with Crippen LogP contribution < -0.4 is 4.90 Å². The Kier molecular flexibility index (Phi) is 4.17. The molecule has 0 unspecified atom stereocenters. The molecule has 1 aromatic heterocycles. The molecule has 0 spiro atoms. The average molecular weight is 352 g/mol. The summed E-state index contributed by atoms with van der Waals surface area (Å²) in [7, 11) is 0. The highest BCUT2D eigenvalue weighted by Crippen LogP contribution is 2.37. The van der Waals surface area contributed by atoms with Gasteiger partial charge in [0.25, 0.3) is 5.91 Å². The summed E-state index contributed by atoms with van der Waals surface area (Å²) >= 11 is 14.4. The second-order valence-corrected chi connectivity index (χ2v) is 7.53. The van der Waals surface area contributed by atoms with Crippen molar-refractivity contribution < 1.29 is 4.79 Å². The fourth-order valence-electron chi connectivity index (χ4n) is 1.91. The lowest BCUT2D eigenvalue weighted by atomic mass is 10.2. The highest BCUT2D eigenvalue weighted by atomic mass is 35.5. The van der Waals surface area contributed by atoms with Crippen molar-refractivity contribution in [3.8, 4) is 0 Å². The zero-order valence-electron chi connectivity index (χ0n) is 11.0. The van der Waals surface area contributed by atoms with E-state index in [2.05, 4.69) is 0 Å². The molecule has 6 heteroatoms. The Labute approximate surface area is 141 Å². The molecule has 0 aliphatic carbocycles. The van der Waals surface area contributed by atoms with Gasteiger partial charge in [0.2, 0.25) is 0 Å². The smallest absolute Gasteiger partial charge is 0.268 e. The molecule has 2 heterocycles. The summed E-state index contributed by atoms with van der Waals surface area (Å²) in [6, 6.07) is 9.45. The van der Waals surface area contributed by atoms with Crippen molar-refractivity contribution >= 4 is 68.9 Å². The normalized spacial score (nSPS) is 17.0. The summed E-state index contributed by atoms with van der Waals surface area (Å²) in [4.78, 5) is 15.8. The van der Waals surface area contributed by atoms with Crippen LogP contribution in [0.1, 0.15) is 10.4 Å². The van der Waals surface area contributed by atoms with Crippen molar-refractivity contribution in [1.82, 2.24) is 0 Å². The summed E-state index contributed by atoms with van der Waals surface area (Å²) in [6.45, 7) is 1.92. The molecule has 0 N–H and O–H groups in total. The quantitative estimate of drug-likeness (QED) is 0.553. The molecular formula is C15H10ClNOS3. The molecule has 1 fully saturated rings. The lowest BCUT2D eigenvalue weighted by Crippen LogP contribution is -2.27. The number of nitrogens with zero attached hydrogens (tertiary/aromatic N) is 1. The minimum atomic E-state index is -0.0988. The first kappa shape index (κ1) is 14.8. The number of anilines is 1. The fourth-order valence-corrected chi connectivity index (χ4v) is 4.11. The van der Waals surface area contributed by atoms with Crippen LogP contribution in [0, 0.1) is 6.92 Å². The molecule has 106 valence electrons. The molecule has 3 rings (SSSR count). The van der Waals surface area contributed by atoms with Crippen molar-refractivity contribution in [2.45, 2.75) is 6.92 Å².